The summed E-state index contributed by atoms with van der Waals surface area (Å²) in [6.07, 6.45) is 5.56. The Balaban J connectivity index is 1.10. The number of fused-ring (bicyclic) bond motifs is 3. The molecule has 4 heteroatoms. The van der Waals surface area contributed by atoms with Crippen LogP contribution in [0.5, 0.6) is 0 Å². The molecule has 0 spiro atoms. The molecule has 0 amide bonds. The Kier molecular flexibility index (Phi) is 9.49. The second-order valence-corrected chi connectivity index (χ2v) is 15.5. The van der Waals surface area contributed by atoms with Crippen molar-refractivity contribution in [2.75, 3.05) is 4.90 Å². The first kappa shape index (κ1) is 36.7. The van der Waals surface area contributed by atoms with Crippen LogP contribution in [0.2, 0.25) is 0 Å². The zero-order chi connectivity index (χ0) is 41.2. The fourth-order valence-corrected chi connectivity index (χ4v) is 8.78. The normalized spacial score (nSPS) is 11.2. The highest BCUT2D eigenvalue weighted by Gasteiger charge is 2.22. The highest BCUT2D eigenvalue weighted by molar-refractivity contribution is 6.20. The summed E-state index contributed by atoms with van der Waals surface area (Å²) in [7, 11) is 0. The second-order valence-electron chi connectivity index (χ2n) is 15.5. The third kappa shape index (κ3) is 6.80. The minimum absolute atomic E-state index is 0.947. The lowest BCUT2D eigenvalue weighted by molar-refractivity contribution is 1.17. The maximum Gasteiger partial charge on any atom is 0.0701 e. The van der Waals surface area contributed by atoms with Gasteiger partial charge in [-0.3, -0.25) is 9.97 Å². The number of nitrogens with zero attached hydrogens (tertiary/aromatic N) is 4. The zero-order valence-electron chi connectivity index (χ0n) is 33.9. The topological polar surface area (TPSA) is 34.0 Å². The van der Waals surface area contributed by atoms with E-state index >= 15 is 0 Å². The number of hydrogen-bond donors (Lipinski definition) is 0. The van der Waals surface area contributed by atoms with Crippen molar-refractivity contribution in [1.29, 1.82) is 0 Å². The zero-order valence-corrected chi connectivity index (χ0v) is 33.9. The monoisotopic (exact) mass is 792 g/mol. The Morgan fingerprint density at radius 3 is 1.52 bits per heavy atom. The van der Waals surface area contributed by atoms with Crippen LogP contribution in [0.25, 0.3) is 83.3 Å². The average molecular weight is 793 g/mol. The van der Waals surface area contributed by atoms with E-state index < -0.39 is 0 Å². The van der Waals surface area contributed by atoms with E-state index in [0.717, 1.165) is 50.7 Å². The van der Waals surface area contributed by atoms with E-state index in [4.69, 9.17) is 0 Å². The molecule has 4 nitrogen and oxygen atoms in total. The predicted octanol–water partition coefficient (Wildman–Crippen LogP) is 15.4. The summed E-state index contributed by atoms with van der Waals surface area (Å²) in [4.78, 5) is 11.3. The van der Waals surface area contributed by atoms with Gasteiger partial charge in [0.1, 0.15) is 0 Å². The molecule has 3 aromatic heterocycles. The maximum atomic E-state index is 4.60. The highest BCUT2D eigenvalue weighted by atomic mass is 15.1. The summed E-state index contributed by atoms with van der Waals surface area (Å²) < 4.78 is 2.46. The molecule has 0 aliphatic heterocycles. The summed E-state index contributed by atoms with van der Waals surface area (Å²) in [5.74, 6) is 0. The molecule has 0 fully saturated rings. The van der Waals surface area contributed by atoms with Gasteiger partial charge in [0.2, 0.25) is 0 Å². The molecular weight excluding hydrogens is 753 g/mol. The molecule has 0 saturated carbocycles. The smallest absolute Gasteiger partial charge is 0.0701 e. The van der Waals surface area contributed by atoms with Gasteiger partial charge in [0.05, 0.1) is 16.7 Å². The minimum Gasteiger partial charge on any atom is -0.311 e. The SMILES string of the molecule is c1ccc(-c2ccc3c(c2)c2c(-c4ccccc4)ccc(-c4ccccc4)c2n3-c2ccc(N(c3ccc(-c4cccnc4)cc3)c3ccc(-c4ccccn4)cc3)cc2)cc1. The molecule has 0 bridgehead atoms. The van der Waals surface area contributed by atoms with E-state index in [1.54, 1.807) is 0 Å². The van der Waals surface area contributed by atoms with Crippen LogP contribution in [0.1, 0.15) is 0 Å². The van der Waals surface area contributed by atoms with Crippen LogP contribution in [-0.2, 0) is 0 Å². The average Bonchev–Trinajstić information content (AvgIpc) is 3.70. The summed E-state index contributed by atoms with van der Waals surface area (Å²) in [6, 6.07) is 80.3. The molecule has 0 N–H and O–H groups in total. The van der Waals surface area contributed by atoms with Crippen molar-refractivity contribution in [2.24, 2.45) is 0 Å². The largest absolute Gasteiger partial charge is 0.311 e. The molecule has 62 heavy (non-hydrogen) atoms. The fourth-order valence-electron chi connectivity index (χ4n) is 8.78. The van der Waals surface area contributed by atoms with Crippen LogP contribution in [0, 0.1) is 0 Å². The van der Waals surface area contributed by atoms with Crippen LogP contribution in [0.3, 0.4) is 0 Å². The van der Waals surface area contributed by atoms with Gasteiger partial charge < -0.3 is 9.47 Å². The van der Waals surface area contributed by atoms with Gasteiger partial charge >= 0.3 is 0 Å². The molecule has 0 aliphatic rings. The third-order valence-electron chi connectivity index (χ3n) is 11.8. The highest BCUT2D eigenvalue weighted by Crippen LogP contribution is 2.45. The number of pyridine rings is 2. The third-order valence-corrected chi connectivity index (χ3v) is 11.8. The van der Waals surface area contributed by atoms with Crippen LogP contribution >= 0.6 is 0 Å². The molecule has 0 atom stereocenters. The summed E-state index contributed by atoms with van der Waals surface area (Å²) in [5.41, 5.74) is 17.9. The molecule has 0 saturated heterocycles. The van der Waals surface area contributed by atoms with Crippen LogP contribution in [0.15, 0.2) is 243 Å². The lowest BCUT2D eigenvalue weighted by Gasteiger charge is -2.26. The van der Waals surface area contributed by atoms with Gasteiger partial charge in [-0.05, 0) is 118 Å². The van der Waals surface area contributed by atoms with Crippen molar-refractivity contribution in [3.63, 3.8) is 0 Å². The number of anilines is 3. The first-order valence-electron chi connectivity index (χ1n) is 21.0. The molecule has 3 heterocycles. The van der Waals surface area contributed by atoms with E-state index in [0.29, 0.717) is 0 Å². The number of aromatic nitrogens is 3. The molecule has 0 aliphatic carbocycles. The molecule has 8 aromatic carbocycles. The Hall–Kier alpha value is -8.34. The Morgan fingerprint density at radius 2 is 0.903 bits per heavy atom. The van der Waals surface area contributed by atoms with E-state index in [2.05, 4.69) is 220 Å². The number of hydrogen-bond acceptors (Lipinski definition) is 3. The molecule has 292 valence electrons. The van der Waals surface area contributed by atoms with Crippen LogP contribution in [-0.4, -0.2) is 14.5 Å². The second kappa shape index (κ2) is 16.0. The first-order valence-corrected chi connectivity index (χ1v) is 21.0. The van der Waals surface area contributed by atoms with E-state index in [9.17, 15) is 0 Å². The van der Waals surface area contributed by atoms with E-state index in [1.165, 1.54) is 49.7 Å². The van der Waals surface area contributed by atoms with Crippen molar-refractivity contribution >= 4 is 38.9 Å². The maximum absolute atomic E-state index is 4.60. The van der Waals surface area contributed by atoms with Crippen molar-refractivity contribution in [2.45, 2.75) is 0 Å². The van der Waals surface area contributed by atoms with Gasteiger partial charge in [-0.1, -0.05) is 146 Å². The predicted molar refractivity (Wildman–Crippen MR) is 258 cm³/mol. The summed E-state index contributed by atoms with van der Waals surface area (Å²) >= 11 is 0. The molecule has 0 radical (unpaired) electrons. The summed E-state index contributed by atoms with van der Waals surface area (Å²) in [5, 5.41) is 2.45. The number of benzene rings is 8. The summed E-state index contributed by atoms with van der Waals surface area (Å²) in [6.45, 7) is 0. The van der Waals surface area contributed by atoms with E-state index in [-0.39, 0.29) is 0 Å². The van der Waals surface area contributed by atoms with Crippen molar-refractivity contribution in [3.05, 3.63) is 243 Å². The minimum atomic E-state index is 0.947. The standard InChI is InChI=1S/C58H40N4/c1-4-13-41(14-5-1)46-25-36-56-54(39-46)57-52(43-15-6-2-7-16-43)34-35-53(44-17-8-3-9-18-44)58(57)62(56)51-32-30-50(31-33-51)61(48-26-21-42(22-27-48)47-19-12-37-59-40-47)49-28-23-45(24-29-49)55-20-10-11-38-60-55/h1-40H. The van der Waals surface area contributed by atoms with Gasteiger partial charge in [0.15, 0.2) is 0 Å². The first-order chi connectivity index (χ1) is 30.8. The van der Waals surface area contributed by atoms with Gasteiger partial charge in [0.25, 0.3) is 0 Å². The van der Waals surface area contributed by atoms with Crippen molar-refractivity contribution in [3.8, 4) is 61.5 Å². The van der Waals surface area contributed by atoms with Crippen molar-refractivity contribution in [1.82, 2.24) is 14.5 Å². The van der Waals surface area contributed by atoms with Crippen LogP contribution < -0.4 is 4.90 Å². The molecule has 11 aromatic rings. The molecular formula is C58H40N4. The fraction of sp³-hybridized carbons (Fsp3) is 0. The molecule has 0 unspecified atom stereocenters. The molecule has 11 rings (SSSR count). The van der Waals surface area contributed by atoms with Gasteiger partial charge in [-0.15, -0.1) is 0 Å². The van der Waals surface area contributed by atoms with Gasteiger partial charge in [-0.25, -0.2) is 0 Å². The Morgan fingerprint density at radius 1 is 0.371 bits per heavy atom. The van der Waals surface area contributed by atoms with Crippen molar-refractivity contribution < 1.29 is 0 Å². The number of rotatable bonds is 9. The quantitative estimate of drug-likeness (QED) is 0.146. The van der Waals surface area contributed by atoms with E-state index in [1.807, 2.05) is 42.9 Å². The van der Waals surface area contributed by atoms with Gasteiger partial charge in [0, 0.05) is 63.2 Å². The van der Waals surface area contributed by atoms with Gasteiger partial charge in [-0.2, -0.15) is 0 Å². The Labute approximate surface area is 361 Å². The lowest BCUT2D eigenvalue weighted by Crippen LogP contribution is -2.10. The Bertz CT molecular complexity index is 3190. The van der Waals surface area contributed by atoms with Crippen LogP contribution in [0.4, 0.5) is 17.1 Å². The lowest BCUT2D eigenvalue weighted by atomic mass is 9.93.